The second-order valence-electron chi connectivity index (χ2n) is 8.01. The first-order valence-corrected chi connectivity index (χ1v) is 13.0. The number of thiophene rings is 1. The number of amides is 1. The van der Waals surface area contributed by atoms with E-state index in [2.05, 4.69) is 16.3 Å². The zero-order valence-corrected chi connectivity index (χ0v) is 19.2. The minimum Gasteiger partial charge on any atom is -0.379 e. The highest BCUT2D eigenvalue weighted by atomic mass is 32.2. The summed E-state index contributed by atoms with van der Waals surface area (Å²) in [5.41, 5.74) is 2.30. The summed E-state index contributed by atoms with van der Waals surface area (Å²) < 4.78 is 32.9. The Hall–Kier alpha value is -1.78. The predicted molar refractivity (Wildman–Crippen MR) is 120 cm³/mol. The number of carbonyl (C=O) groups is 1. The Kier molecular flexibility index (Phi) is 7.39. The number of benzene rings is 1. The van der Waals surface area contributed by atoms with E-state index in [0.717, 1.165) is 38.4 Å². The molecule has 2 aromatic rings. The monoisotopic (exact) mass is 463 g/mol. The van der Waals surface area contributed by atoms with Crippen molar-refractivity contribution in [2.24, 2.45) is 5.92 Å². The van der Waals surface area contributed by atoms with Crippen LogP contribution in [0.4, 0.5) is 0 Å². The van der Waals surface area contributed by atoms with Gasteiger partial charge >= 0.3 is 0 Å². The van der Waals surface area contributed by atoms with Crippen molar-refractivity contribution in [1.29, 1.82) is 0 Å². The summed E-state index contributed by atoms with van der Waals surface area (Å²) in [5, 5.41) is 4.81. The minimum absolute atomic E-state index is 0.0766. The van der Waals surface area contributed by atoms with Crippen molar-refractivity contribution in [2.75, 3.05) is 39.4 Å². The topological polar surface area (TPSA) is 79.0 Å². The Morgan fingerprint density at radius 1 is 1.10 bits per heavy atom. The summed E-state index contributed by atoms with van der Waals surface area (Å²) in [5.74, 6) is -0.401. The smallest absolute Gasteiger partial charge is 0.252 e. The number of rotatable bonds is 7. The zero-order chi connectivity index (χ0) is 21.7. The van der Waals surface area contributed by atoms with Crippen LogP contribution in [0, 0.1) is 5.92 Å². The maximum Gasteiger partial charge on any atom is 0.252 e. The molecule has 1 aromatic carbocycles. The van der Waals surface area contributed by atoms with Gasteiger partial charge in [-0.15, -0.1) is 11.3 Å². The average molecular weight is 464 g/mol. The normalized spacial score (nSPS) is 21.1. The maximum atomic E-state index is 12.9. The van der Waals surface area contributed by atoms with Crippen LogP contribution in [0.2, 0.25) is 0 Å². The van der Waals surface area contributed by atoms with Gasteiger partial charge in [0.25, 0.3) is 10.0 Å². The highest BCUT2D eigenvalue weighted by Gasteiger charge is 2.33. The van der Waals surface area contributed by atoms with Crippen LogP contribution in [0.25, 0.3) is 0 Å². The standard InChI is InChI=1S/C22H29N3O4S2/c26-22(20-7-3-9-25(17-20)31(27,28)21-8-4-14-30-21)23-15-18-5-1-2-6-19(18)16-24-10-12-29-13-11-24/h1-2,4-6,8,14,20H,3,7,9-13,15-17H2,(H,23,26)/t20-/m1/s1. The molecule has 168 valence electrons. The van der Waals surface area contributed by atoms with Gasteiger partial charge in [-0.05, 0) is 35.4 Å². The Balaban J connectivity index is 1.36. The van der Waals surface area contributed by atoms with Gasteiger partial charge in [0, 0.05) is 39.3 Å². The fraction of sp³-hybridized carbons (Fsp3) is 0.500. The van der Waals surface area contributed by atoms with E-state index in [1.54, 1.807) is 17.5 Å². The number of nitrogens with zero attached hydrogens (tertiary/aromatic N) is 2. The number of morpholine rings is 1. The van der Waals surface area contributed by atoms with Crippen molar-refractivity contribution in [3.63, 3.8) is 0 Å². The fourth-order valence-electron chi connectivity index (χ4n) is 4.12. The van der Waals surface area contributed by atoms with Gasteiger partial charge in [0.05, 0.1) is 19.1 Å². The van der Waals surface area contributed by atoms with Crippen LogP contribution in [-0.4, -0.2) is 62.9 Å². The number of hydrogen-bond acceptors (Lipinski definition) is 6. The van der Waals surface area contributed by atoms with E-state index in [4.69, 9.17) is 4.74 Å². The summed E-state index contributed by atoms with van der Waals surface area (Å²) in [6, 6.07) is 11.5. The molecule has 3 heterocycles. The van der Waals surface area contributed by atoms with Crippen molar-refractivity contribution in [3.05, 3.63) is 52.9 Å². The van der Waals surface area contributed by atoms with Gasteiger partial charge in [-0.2, -0.15) is 4.31 Å². The largest absolute Gasteiger partial charge is 0.379 e. The fourth-order valence-corrected chi connectivity index (χ4v) is 6.79. The second-order valence-corrected chi connectivity index (χ2v) is 11.1. The first kappa shape index (κ1) is 22.4. The molecule has 1 amide bonds. The summed E-state index contributed by atoms with van der Waals surface area (Å²) in [7, 11) is -3.52. The molecular weight excluding hydrogens is 434 g/mol. The lowest BCUT2D eigenvalue weighted by Gasteiger charge is -2.31. The lowest BCUT2D eigenvalue weighted by molar-refractivity contribution is -0.126. The lowest BCUT2D eigenvalue weighted by atomic mass is 9.98. The third kappa shape index (κ3) is 5.53. The molecule has 9 heteroatoms. The van der Waals surface area contributed by atoms with E-state index >= 15 is 0 Å². The van der Waals surface area contributed by atoms with Gasteiger partial charge in [-0.1, -0.05) is 30.3 Å². The summed E-state index contributed by atoms with van der Waals surface area (Å²) in [6.45, 7) is 5.33. The van der Waals surface area contributed by atoms with Gasteiger partial charge in [-0.25, -0.2) is 8.42 Å². The number of hydrogen-bond donors (Lipinski definition) is 1. The van der Waals surface area contributed by atoms with Crippen LogP contribution < -0.4 is 5.32 Å². The van der Waals surface area contributed by atoms with Crippen LogP contribution >= 0.6 is 11.3 Å². The quantitative estimate of drug-likeness (QED) is 0.682. The van der Waals surface area contributed by atoms with Gasteiger partial charge in [-0.3, -0.25) is 9.69 Å². The molecule has 4 rings (SSSR count). The second kappa shape index (κ2) is 10.2. The molecule has 31 heavy (non-hydrogen) atoms. The van der Waals surface area contributed by atoms with E-state index in [1.165, 1.54) is 21.2 Å². The van der Waals surface area contributed by atoms with E-state index in [1.807, 2.05) is 18.2 Å². The highest BCUT2D eigenvalue weighted by molar-refractivity contribution is 7.91. The summed E-state index contributed by atoms with van der Waals surface area (Å²) in [4.78, 5) is 15.2. The summed E-state index contributed by atoms with van der Waals surface area (Å²) in [6.07, 6.45) is 1.40. The van der Waals surface area contributed by atoms with Crippen molar-refractivity contribution >= 4 is 27.3 Å². The van der Waals surface area contributed by atoms with E-state index in [0.29, 0.717) is 30.1 Å². The number of piperidine rings is 1. The van der Waals surface area contributed by atoms with E-state index in [9.17, 15) is 13.2 Å². The third-order valence-electron chi connectivity index (χ3n) is 5.91. The molecule has 2 aliphatic heterocycles. The van der Waals surface area contributed by atoms with Crippen molar-refractivity contribution < 1.29 is 17.9 Å². The molecule has 1 N–H and O–H groups in total. The Morgan fingerprint density at radius 3 is 2.61 bits per heavy atom. The van der Waals surface area contributed by atoms with Gasteiger partial charge in [0.1, 0.15) is 4.21 Å². The third-order valence-corrected chi connectivity index (χ3v) is 9.15. The van der Waals surface area contributed by atoms with Crippen molar-refractivity contribution in [3.8, 4) is 0 Å². The van der Waals surface area contributed by atoms with Crippen LogP contribution in [0.3, 0.4) is 0 Å². The van der Waals surface area contributed by atoms with E-state index in [-0.39, 0.29) is 18.4 Å². The minimum atomic E-state index is -3.52. The molecule has 2 saturated heterocycles. The molecule has 1 aromatic heterocycles. The number of carbonyl (C=O) groups excluding carboxylic acids is 1. The van der Waals surface area contributed by atoms with Gasteiger partial charge in [0.2, 0.25) is 5.91 Å². The molecule has 0 saturated carbocycles. The molecule has 0 radical (unpaired) electrons. The SMILES string of the molecule is O=C(NCc1ccccc1CN1CCOCC1)[C@@H]1CCCN(S(=O)(=O)c2cccs2)C1. The molecule has 0 spiro atoms. The molecule has 2 fully saturated rings. The molecule has 0 aliphatic carbocycles. The molecule has 1 atom stereocenters. The maximum absolute atomic E-state index is 12.9. The molecule has 0 bridgehead atoms. The van der Waals surface area contributed by atoms with Crippen molar-refractivity contribution in [2.45, 2.75) is 30.1 Å². The Labute approximate surface area is 188 Å². The lowest BCUT2D eigenvalue weighted by Crippen LogP contribution is -2.45. The van der Waals surface area contributed by atoms with Crippen LogP contribution in [-0.2, 0) is 32.6 Å². The van der Waals surface area contributed by atoms with Crippen LogP contribution in [0.1, 0.15) is 24.0 Å². The molecule has 2 aliphatic rings. The first-order chi connectivity index (χ1) is 15.0. The molecule has 7 nitrogen and oxygen atoms in total. The number of nitrogens with one attached hydrogen (secondary N) is 1. The zero-order valence-electron chi connectivity index (χ0n) is 17.5. The van der Waals surface area contributed by atoms with Crippen LogP contribution in [0.5, 0.6) is 0 Å². The van der Waals surface area contributed by atoms with E-state index < -0.39 is 10.0 Å². The predicted octanol–water partition coefficient (Wildman–Crippen LogP) is 2.30. The Bertz CT molecular complexity index is 972. The van der Waals surface area contributed by atoms with Gasteiger partial charge < -0.3 is 10.1 Å². The van der Waals surface area contributed by atoms with Crippen molar-refractivity contribution in [1.82, 2.24) is 14.5 Å². The van der Waals surface area contributed by atoms with Gasteiger partial charge in [0.15, 0.2) is 0 Å². The Morgan fingerprint density at radius 2 is 1.87 bits per heavy atom. The number of ether oxygens (including phenoxy) is 1. The summed E-state index contributed by atoms with van der Waals surface area (Å²) >= 11 is 1.21. The average Bonchev–Trinajstić information content (AvgIpc) is 3.35. The highest BCUT2D eigenvalue weighted by Crippen LogP contribution is 2.26. The van der Waals surface area contributed by atoms with Crippen LogP contribution in [0.15, 0.2) is 46.0 Å². The first-order valence-electron chi connectivity index (χ1n) is 10.7. The molecular formula is C22H29N3O4S2. The molecule has 0 unspecified atom stereocenters. The number of sulfonamides is 1.